The van der Waals surface area contributed by atoms with Gasteiger partial charge in [-0.05, 0) is 27.7 Å². The van der Waals surface area contributed by atoms with Crippen LogP contribution in [-0.4, -0.2) is 65.0 Å². The summed E-state index contributed by atoms with van der Waals surface area (Å²) < 4.78 is 15.9. The fourth-order valence-electron chi connectivity index (χ4n) is 2.49. The molecule has 1 aromatic rings. The molecule has 2 atom stereocenters. The van der Waals surface area contributed by atoms with Gasteiger partial charge < -0.3 is 24.4 Å². The van der Waals surface area contributed by atoms with Crippen molar-refractivity contribution in [2.24, 2.45) is 0 Å². The second-order valence-corrected chi connectivity index (χ2v) is 7.09. The van der Waals surface area contributed by atoms with Crippen LogP contribution in [0.4, 0.5) is 4.79 Å². The molecule has 1 N–H and O–H groups in total. The van der Waals surface area contributed by atoms with Crippen molar-refractivity contribution in [3.05, 3.63) is 12.1 Å². The van der Waals surface area contributed by atoms with Gasteiger partial charge in [-0.1, -0.05) is 0 Å². The molecule has 2 unspecified atom stereocenters. The van der Waals surface area contributed by atoms with Gasteiger partial charge in [0.2, 0.25) is 17.7 Å². The highest BCUT2D eigenvalue weighted by Gasteiger charge is 2.31. The highest BCUT2D eigenvalue weighted by atomic mass is 16.6. The van der Waals surface area contributed by atoms with Crippen LogP contribution in [0.2, 0.25) is 0 Å². The summed E-state index contributed by atoms with van der Waals surface area (Å²) in [6, 6.07) is 2.65. The van der Waals surface area contributed by atoms with Crippen LogP contribution in [-0.2, 0) is 9.53 Å². The molecule has 0 bridgehead atoms. The molecular weight excluding hydrogens is 340 g/mol. The molecule has 144 valence electrons. The Morgan fingerprint density at radius 3 is 2.50 bits per heavy atom. The molecule has 0 radical (unpaired) electrons. The molecular formula is C17H26N4O5. The number of aromatic nitrogens is 2. The van der Waals surface area contributed by atoms with Crippen molar-refractivity contribution in [3.8, 4) is 11.8 Å². The maximum Gasteiger partial charge on any atom is 0.408 e. The third kappa shape index (κ3) is 5.75. The smallest absolute Gasteiger partial charge is 0.408 e. The fraction of sp³-hybridized carbons (Fsp3) is 0.647. The molecule has 1 aliphatic heterocycles. The van der Waals surface area contributed by atoms with E-state index < -0.39 is 17.7 Å². The standard InChI is InChI=1S/C17H26N4O5/c1-11(18-16(23)26-17(2,3)4)15(22)21-9-8-12(10-21)25-14-7-6-13(24-5)19-20-14/h6-7,11-12H,8-10H2,1-5H3,(H,18,23). The Balaban J connectivity index is 1.82. The van der Waals surface area contributed by atoms with Gasteiger partial charge in [0.1, 0.15) is 17.7 Å². The predicted octanol–water partition coefficient (Wildman–Crippen LogP) is 1.38. The zero-order chi connectivity index (χ0) is 19.3. The van der Waals surface area contributed by atoms with Crippen LogP contribution in [0.25, 0.3) is 0 Å². The number of carbonyl (C=O) groups excluding carboxylic acids is 2. The summed E-state index contributed by atoms with van der Waals surface area (Å²) >= 11 is 0. The summed E-state index contributed by atoms with van der Waals surface area (Å²) in [5.74, 6) is 0.607. The van der Waals surface area contributed by atoms with E-state index in [2.05, 4.69) is 15.5 Å². The number of ether oxygens (including phenoxy) is 3. The number of rotatable bonds is 5. The van der Waals surface area contributed by atoms with E-state index in [4.69, 9.17) is 14.2 Å². The topological polar surface area (TPSA) is 103 Å². The van der Waals surface area contributed by atoms with Gasteiger partial charge in [-0.25, -0.2) is 4.79 Å². The van der Waals surface area contributed by atoms with Crippen LogP contribution in [0.5, 0.6) is 11.8 Å². The summed E-state index contributed by atoms with van der Waals surface area (Å²) in [4.78, 5) is 25.9. The van der Waals surface area contributed by atoms with Crippen molar-refractivity contribution >= 4 is 12.0 Å². The van der Waals surface area contributed by atoms with Gasteiger partial charge in [-0.15, -0.1) is 10.2 Å². The number of carbonyl (C=O) groups is 2. The Hall–Kier alpha value is -2.58. The minimum absolute atomic E-state index is 0.171. The molecule has 0 saturated carbocycles. The van der Waals surface area contributed by atoms with Crippen LogP contribution < -0.4 is 14.8 Å². The maximum absolute atomic E-state index is 12.5. The van der Waals surface area contributed by atoms with Crippen molar-refractivity contribution in [2.75, 3.05) is 20.2 Å². The molecule has 1 fully saturated rings. The van der Waals surface area contributed by atoms with E-state index in [1.807, 2.05) is 0 Å². The van der Waals surface area contributed by atoms with Gasteiger partial charge in [-0.3, -0.25) is 4.79 Å². The number of hydrogen-bond donors (Lipinski definition) is 1. The zero-order valence-electron chi connectivity index (χ0n) is 15.8. The minimum atomic E-state index is -0.677. The number of likely N-dealkylation sites (tertiary alicyclic amines) is 1. The molecule has 0 spiro atoms. The number of methoxy groups -OCH3 is 1. The Labute approximate surface area is 153 Å². The lowest BCUT2D eigenvalue weighted by atomic mass is 10.2. The average Bonchev–Trinajstić information content (AvgIpc) is 3.01. The Bertz CT molecular complexity index is 629. The van der Waals surface area contributed by atoms with Gasteiger partial charge >= 0.3 is 6.09 Å². The monoisotopic (exact) mass is 366 g/mol. The van der Waals surface area contributed by atoms with Crippen molar-refractivity contribution in [1.29, 1.82) is 0 Å². The van der Waals surface area contributed by atoms with Crippen molar-refractivity contribution < 1.29 is 23.8 Å². The molecule has 0 aliphatic carbocycles. The van der Waals surface area contributed by atoms with E-state index in [9.17, 15) is 9.59 Å². The lowest BCUT2D eigenvalue weighted by molar-refractivity contribution is -0.132. The summed E-state index contributed by atoms with van der Waals surface area (Å²) in [5, 5.41) is 10.3. The third-order valence-corrected chi connectivity index (χ3v) is 3.67. The number of nitrogens with one attached hydrogen (secondary N) is 1. The van der Waals surface area contributed by atoms with E-state index in [-0.39, 0.29) is 12.0 Å². The summed E-state index contributed by atoms with van der Waals surface area (Å²) in [7, 11) is 1.51. The first kappa shape index (κ1) is 19.7. The predicted molar refractivity (Wildman–Crippen MR) is 93.0 cm³/mol. The minimum Gasteiger partial charge on any atom is -0.480 e. The SMILES string of the molecule is COc1ccc(OC2CCN(C(=O)C(C)NC(=O)OC(C)(C)C)C2)nn1. The number of amides is 2. The highest BCUT2D eigenvalue weighted by Crippen LogP contribution is 2.18. The van der Waals surface area contributed by atoms with Crippen LogP contribution in [0.1, 0.15) is 34.1 Å². The van der Waals surface area contributed by atoms with E-state index in [1.54, 1.807) is 44.7 Å². The zero-order valence-corrected chi connectivity index (χ0v) is 15.8. The van der Waals surface area contributed by atoms with Gasteiger partial charge in [0.25, 0.3) is 0 Å². The Morgan fingerprint density at radius 1 is 1.27 bits per heavy atom. The molecule has 2 heterocycles. The summed E-state index contributed by atoms with van der Waals surface area (Å²) in [6.45, 7) is 7.91. The molecule has 2 amide bonds. The second kappa shape index (κ2) is 8.20. The molecule has 9 nitrogen and oxygen atoms in total. The second-order valence-electron chi connectivity index (χ2n) is 7.09. The number of nitrogens with zero attached hydrogens (tertiary/aromatic N) is 3. The molecule has 0 aromatic carbocycles. The summed E-state index contributed by atoms with van der Waals surface area (Å²) in [5.41, 5.74) is -0.612. The normalized spacial score (nSPS) is 18.2. The number of alkyl carbamates (subject to hydrolysis) is 1. The number of hydrogen-bond acceptors (Lipinski definition) is 7. The Kier molecular flexibility index (Phi) is 6.23. The lowest BCUT2D eigenvalue weighted by Gasteiger charge is -2.24. The van der Waals surface area contributed by atoms with Crippen LogP contribution in [0, 0.1) is 0 Å². The van der Waals surface area contributed by atoms with E-state index >= 15 is 0 Å². The molecule has 9 heteroatoms. The van der Waals surface area contributed by atoms with E-state index in [1.165, 1.54) is 7.11 Å². The molecule has 1 aromatic heterocycles. The van der Waals surface area contributed by atoms with Gasteiger partial charge in [0.05, 0.1) is 13.7 Å². The maximum atomic E-state index is 12.5. The van der Waals surface area contributed by atoms with Gasteiger partial charge in [-0.2, -0.15) is 0 Å². The van der Waals surface area contributed by atoms with Crippen molar-refractivity contribution in [2.45, 2.75) is 51.9 Å². The molecule has 1 aliphatic rings. The third-order valence-electron chi connectivity index (χ3n) is 3.67. The first-order chi connectivity index (χ1) is 12.2. The quantitative estimate of drug-likeness (QED) is 0.839. The van der Waals surface area contributed by atoms with E-state index in [0.29, 0.717) is 31.3 Å². The van der Waals surface area contributed by atoms with Crippen LogP contribution in [0.15, 0.2) is 12.1 Å². The molecule has 1 saturated heterocycles. The fourth-order valence-corrected chi connectivity index (χ4v) is 2.49. The first-order valence-electron chi connectivity index (χ1n) is 8.50. The van der Waals surface area contributed by atoms with Crippen molar-refractivity contribution in [3.63, 3.8) is 0 Å². The molecule has 26 heavy (non-hydrogen) atoms. The van der Waals surface area contributed by atoms with Gasteiger partial charge in [0, 0.05) is 25.1 Å². The first-order valence-corrected chi connectivity index (χ1v) is 8.50. The van der Waals surface area contributed by atoms with Crippen LogP contribution >= 0.6 is 0 Å². The van der Waals surface area contributed by atoms with Crippen molar-refractivity contribution in [1.82, 2.24) is 20.4 Å². The Morgan fingerprint density at radius 2 is 1.92 bits per heavy atom. The van der Waals surface area contributed by atoms with Gasteiger partial charge in [0.15, 0.2) is 0 Å². The average molecular weight is 366 g/mol. The summed E-state index contributed by atoms with van der Waals surface area (Å²) in [6.07, 6.45) is -0.104. The molecule has 2 rings (SSSR count). The van der Waals surface area contributed by atoms with E-state index in [0.717, 1.165) is 0 Å². The lowest BCUT2D eigenvalue weighted by Crippen LogP contribution is -2.47. The highest BCUT2D eigenvalue weighted by molar-refractivity contribution is 5.85. The largest absolute Gasteiger partial charge is 0.480 e. The van der Waals surface area contributed by atoms with Crippen LogP contribution in [0.3, 0.4) is 0 Å².